The summed E-state index contributed by atoms with van der Waals surface area (Å²) in [5.74, 6) is 1.42. The summed E-state index contributed by atoms with van der Waals surface area (Å²) in [6.07, 6.45) is 0.639. The van der Waals surface area contributed by atoms with Gasteiger partial charge in [-0.1, -0.05) is 0 Å². The molecule has 1 unspecified atom stereocenters. The maximum atomic E-state index is 11.4. The number of hydrogen-bond acceptors (Lipinski definition) is 4. The number of rotatable bonds is 6. The van der Waals surface area contributed by atoms with Gasteiger partial charge in [0.15, 0.2) is 0 Å². The minimum atomic E-state index is 0.223. The Morgan fingerprint density at radius 3 is 2.93 bits per heavy atom. The summed E-state index contributed by atoms with van der Waals surface area (Å²) in [6, 6.07) is 0. The standard InChI is InChI=1S/C9H18N2O2S/c10-1-3-13-4-2-11-6-8(7-14)5-9(11)12/h8,14H,1-7,10H2. The molecule has 0 radical (unpaired) electrons. The third-order valence-electron chi connectivity index (χ3n) is 2.32. The molecule has 1 saturated heterocycles. The fourth-order valence-corrected chi connectivity index (χ4v) is 1.80. The lowest BCUT2D eigenvalue weighted by Gasteiger charge is -2.15. The van der Waals surface area contributed by atoms with Gasteiger partial charge in [0.2, 0.25) is 5.91 Å². The Hall–Kier alpha value is -0.260. The summed E-state index contributed by atoms with van der Waals surface area (Å²) in [6.45, 7) is 3.20. The van der Waals surface area contributed by atoms with Crippen LogP contribution < -0.4 is 5.73 Å². The number of carbonyl (C=O) groups is 1. The molecule has 0 aromatic rings. The first-order chi connectivity index (χ1) is 6.77. The molecule has 5 heteroatoms. The van der Waals surface area contributed by atoms with Gasteiger partial charge < -0.3 is 15.4 Å². The maximum Gasteiger partial charge on any atom is 0.223 e. The van der Waals surface area contributed by atoms with Gasteiger partial charge in [-0.3, -0.25) is 4.79 Å². The van der Waals surface area contributed by atoms with Crippen molar-refractivity contribution in [2.75, 3.05) is 38.6 Å². The van der Waals surface area contributed by atoms with E-state index in [1.54, 1.807) is 0 Å². The Morgan fingerprint density at radius 1 is 1.57 bits per heavy atom. The Labute approximate surface area is 90.2 Å². The van der Waals surface area contributed by atoms with Crippen LogP contribution in [0.25, 0.3) is 0 Å². The number of nitrogens with zero attached hydrogens (tertiary/aromatic N) is 1. The van der Waals surface area contributed by atoms with E-state index in [1.165, 1.54) is 0 Å². The number of nitrogens with two attached hydrogens (primary N) is 1. The molecule has 1 amide bonds. The monoisotopic (exact) mass is 218 g/mol. The van der Waals surface area contributed by atoms with Crippen molar-refractivity contribution in [1.82, 2.24) is 4.90 Å². The van der Waals surface area contributed by atoms with E-state index in [0.29, 0.717) is 38.6 Å². The minimum absolute atomic E-state index is 0.223. The molecule has 1 aliphatic heterocycles. The number of ether oxygens (including phenoxy) is 1. The van der Waals surface area contributed by atoms with Crippen LogP contribution >= 0.6 is 12.6 Å². The lowest BCUT2D eigenvalue weighted by molar-refractivity contribution is -0.128. The predicted molar refractivity (Wildman–Crippen MR) is 58.4 cm³/mol. The quantitative estimate of drug-likeness (QED) is 0.477. The van der Waals surface area contributed by atoms with Crippen molar-refractivity contribution in [2.45, 2.75) is 6.42 Å². The van der Waals surface area contributed by atoms with Gasteiger partial charge in [-0.2, -0.15) is 12.6 Å². The van der Waals surface area contributed by atoms with Gasteiger partial charge in [0, 0.05) is 26.1 Å². The summed E-state index contributed by atoms with van der Waals surface area (Å²) < 4.78 is 5.22. The molecule has 0 spiro atoms. The molecule has 1 aliphatic rings. The zero-order valence-electron chi connectivity index (χ0n) is 8.32. The Bertz CT molecular complexity index is 190. The number of thiol groups is 1. The van der Waals surface area contributed by atoms with Crippen molar-refractivity contribution in [3.05, 3.63) is 0 Å². The zero-order chi connectivity index (χ0) is 10.4. The molecule has 0 aromatic heterocycles. The van der Waals surface area contributed by atoms with Gasteiger partial charge in [0.05, 0.1) is 13.2 Å². The van der Waals surface area contributed by atoms with Gasteiger partial charge in [-0.15, -0.1) is 0 Å². The molecule has 1 fully saturated rings. The van der Waals surface area contributed by atoms with Crippen molar-refractivity contribution in [3.63, 3.8) is 0 Å². The molecule has 2 N–H and O–H groups in total. The third-order valence-corrected chi connectivity index (χ3v) is 2.84. The van der Waals surface area contributed by atoms with Crippen LogP contribution in [0.4, 0.5) is 0 Å². The molecule has 1 heterocycles. The second-order valence-electron chi connectivity index (χ2n) is 3.49. The first-order valence-corrected chi connectivity index (χ1v) is 5.57. The topological polar surface area (TPSA) is 55.6 Å². The molecule has 0 saturated carbocycles. The van der Waals surface area contributed by atoms with E-state index in [0.717, 1.165) is 12.3 Å². The second kappa shape index (κ2) is 6.27. The largest absolute Gasteiger partial charge is 0.378 e. The highest BCUT2D eigenvalue weighted by atomic mass is 32.1. The molecular formula is C9H18N2O2S. The van der Waals surface area contributed by atoms with Crippen molar-refractivity contribution in [1.29, 1.82) is 0 Å². The molecule has 82 valence electrons. The Morgan fingerprint density at radius 2 is 2.36 bits per heavy atom. The van der Waals surface area contributed by atoms with Crippen molar-refractivity contribution < 1.29 is 9.53 Å². The summed E-state index contributed by atoms with van der Waals surface area (Å²) >= 11 is 4.19. The van der Waals surface area contributed by atoms with E-state index >= 15 is 0 Å². The second-order valence-corrected chi connectivity index (χ2v) is 3.86. The minimum Gasteiger partial charge on any atom is -0.378 e. The first kappa shape index (κ1) is 11.8. The highest BCUT2D eigenvalue weighted by molar-refractivity contribution is 7.80. The molecule has 0 aromatic carbocycles. The number of hydrogen-bond donors (Lipinski definition) is 2. The normalized spacial score (nSPS) is 22.0. The van der Waals surface area contributed by atoms with Gasteiger partial charge in [-0.05, 0) is 11.7 Å². The molecule has 4 nitrogen and oxygen atoms in total. The summed E-state index contributed by atoms with van der Waals surface area (Å²) in [5, 5.41) is 0. The first-order valence-electron chi connectivity index (χ1n) is 4.94. The molecule has 1 rings (SSSR count). The van der Waals surface area contributed by atoms with E-state index in [1.807, 2.05) is 4.90 Å². The lowest BCUT2D eigenvalue weighted by Crippen LogP contribution is -2.29. The molecule has 0 aliphatic carbocycles. The van der Waals surface area contributed by atoms with Crippen LogP contribution in [0.5, 0.6) is 0 Å². The van der Waals surface area contributed by atoms with E-state index < -0.39 is 0 Å². The fraction of sp³-hybridized carbons (Fsp3) is 0.889. The highest BCUT2D eigenvalue weighted by Gasteiger charge is 2.27. The van der Waals surface area contributed by atoms with E-state index in [9.17, 15) is 4.79 Å². The van der Waals surface area contributed by atoms with Crippen molar-refractivity contribution >= 4 is 18.5 Å². The Kier molecular flexibility index (Phi) is 5.29. The van der Waals surface area contributed by atoms with Crippen molar-refractivity contribution in [2.24, 2.45) is 11.7 Å². The molecular weight excluding hydrogens is 200 g/mol. The van der Waals surface area contributed by atoms with Gasteiger partial charge in [0.25, 0.3) is 0 Å². The fourth-order valence-electron chi connectivity index (χ4n) is 1.55. The average Bonchev–Trinajstić information content (AvgIpc) is 2.54. The van der Waals surface area contributed by atoms with E-state index in [4.69, 9.17) is 10.5 Å². The average molecular weight is 218 g/mol. The summed E-state index contributed by atoms with van der Waals surface area (Å²) in [7, 11) is 0. The van der Waals surface area contributed by atoms with Crippen LogP contribution in [0.15, 0.2) is 0 Å². The SMILES string of the molecule is NCCOCCN1CC(CS)CC1=O. The Balaban J connectivity index is 2.15. The van der Waals surface area contributed by atoms with Crippen LogP contribution in [0.1, 0.15) is 6.42 Å². The van der Waals surface area contributed by atoms with Crippen LogP contribution in [0, 0.1) is 5.92 Å². The van der Waals surface area contributed by atoms with Gasteiger partial charge >= 0.3 is 0 Å². The lowest BCUT2D eigenvalue weighted by atomic mass is 10.1. The maximum absolute atomic E-state index is 11.4. The van der Waals surface area contributed by atoms with Gasteiger partial charge in [-0.25, -0.2) is 0 Å². The van der Waals surface area contributed by atoms with Crippen LogP contribution in [-0.4, -0.2) is 49.4 Å². The molecule has 14 heavy (non-hydrogen) atoms. The zero-order valence-corrected chi connectivity index (χ0v) is 9.21. The highest BCUT2D eigenvalue weighted by Crippen LogP contribution is 2.17. The smallest absolute Gasteiger partial charge is 0.223 e. The third kappa shape index (κ3) is 3.48. The van der Waals surface area contributed by atoms with E-state index in [-0.39, 0.29) is 5.91 Å². The van der Waals surface area contributed by atoms with Crippen LogP contribution in [-0.2, 0) is 9.53 Å². The number of likely N-dealkylation sites (tertiary alicyclic amines) is 1. The number of amides is 1. The number of carbonyl (C=O) groups excluding carboxylic acids is 1. The van der Waals surface area contributed by atoms with Crippen LogP contribution in [0.2, 0.25) is 0 Å². The van der Waals surface area contributed by atoms with E-state index in [2.05, 4.69) is 12.6 Å². The summed E-state index contributed by atoms with van der Waals surface area (Å²) in [5.41, 5.74) is 5.28. The summed E-state index contributed by atoms with van der Waals surface area (Å²) in [4.78, 5) is 13.3. The van der Waals surface area contributed by atoms with Gasteiger partial charge in [0.1, 0.15) is 0 Å². The molecule has 1 atom stereocenters. The van der Waals surface area contributed by atoms with Crippen LogP contribution in [0.3, 0.4) is 0 Å². The molecule has 0 bridgehead atoms. The predicted octanol–water partition coefficient (Wildman–Crippen LogP) is -0.260. The van der Waals surface area contributed by atoms with Crippen molar-refractivity contribution in [3.8, 4) is 0 Å².